The van der Waals surface area contributed by atoms with E-state index < -0.39 is 0 Å². The molecule has 0 bridgehead atoms. The van der Waals surface area contributed by atoms with Gasteiger partial charge in [-0.1, -0.05) is 48.5 Å². The molecule has 2 aliphatic rings. The predicted octanol–water partition coefficient (Wildman–Crippen LogP) is 7.75. The largest absolute Gasteiger partial charge is 0.454 e. The highest BCUT2D eigenvalue weighted by Gasteiger charge is 2.26. The van der Waals surface area contributed by atoms with Crippen LogP contribution < -0.4 is 18.9 Å². The van der Waals surface area contributed by atoms with Gasteiger partial charge in [-0.3, -0.25) is 0 Å². The summed E-state index contributed by atoms with van der Waals surface area (Å²) in [7, 11) is 0. The third-order valence-corrected chi connectivity index (χ3v) is 7.73. The second-order valence-electron chi connectivity index (χ2n) is 9.73. The van der Waals surface area contributed by atoms with E-state index in [9.17, 15) is 0 Å². The van der Waals surface area contributed by atoms with Gasteiger partial charge in [-0.25, -0.2) is 0 Å². The Morgan fingerprint density at radius 3 is 1.42 bits per heavy atom. The highest BCUT2D eigenvalue weighted by Crippen LogP contribution is 2.50. The number of rotatable bonds is 2. The van der Waals surface area contributed by atoms with Crippen molar-refractivity contribution < 1.29 is 18.9 Å². The summed E-state index contributed by atoms with van der Waals surface area (Å²) in [5, 5.41) is 4.65. The topological polar surface area (TPSA) is 68.5 Å². The first kappa shape index (κ1) is 20.0. The van der Waals surface area contributed by atoms with E-state index in [-0.39, 0.29) is 13.6 Å². The van der Waals surface area contributed by atoms with E-state index in [0.29, 0.717) is 0 Å². The monoisotopic (exact) mass is 496 g/mol. The van der Waals surface area contributed by atoms with Crippen LogP contribution >= 0.6 is 0 Å². The molecule has 9 rings (SSSR count). The van der Waals surface area contributed by atoms with Crippen molar-refractivity contribution in [1.82, 2.24) is 9.97 Å². The molecule has 0 spiro atoms. The molecule has 4 heterocycles. The number of fused-ring (bicyclic) bond motifs is 8. The Morgan fingerprint density at radius 2 is 0.921 bits per heavy atom. The highest BCUT2D eigenvalue weighted by atomic mass is 16.7. The number of nitrogens with one attached hydrogen (secondary N) is 2. The van der Waals surface area contributed by atoms with Gasteiger partial charge in [0.1, 0.15) is 0 Å². The van der Waals surface area contributed by atoms with Gasteiger partial charge < -0.3 is 28.9 Å². The molecule has 182 valence electrons. The summed E-state index contributed by atoms with van der Waals surface area (Å²) in [6.07, 6.45) is 0. The Morgan fingerprint density at radius 1 is 0.474 bits per heavy atom. The minimum atomic E-state index is 0.242. The molecule has 2 N–H and O–H groups in total. The van der Waals surface area contributed by atoms with Gasteiger partial charge >= 0.3 is 0 Å². The quantitative estimate of drug-likeness (QED) is 0.257. The normalized spacial score (nSPS) is 13.9. The van der Waals surface area contributed by atoms with Crippen LogP contribution in [0.1, 0.15) is 0 Å². The Bertz CT molecular complexity index is 1950. The van der Waals surface area contributed by atoms with Gasteiger partial charge in [-0.15, -0.1) is 0 Å². The zero-order valence-corrected chi connectivity index (χ0v) is 20.1. The molecule has 6 nitrogen and oxygen atoms in total. The lowest BCUT2D eigenvalue weighted by molar-refractivity contribution is 0.173. The van der Waals surface area contributed by atoms with E-state index in [1.807, 2.05) is 12.1 Å². The average Bonchev–Trinajstić information content (AvgIpc) is 3.75. The first-order valence-electron chi connectivity index (χ1n) is 12.6. The van der Waals surface area contributed by atoms with Gasteiger partial charge in [-0.2, -0.15) is 0 Å². The first-order valence-corrected chi connectivity index (χ1v) is 12.6. The van der Waals surface area contributed by atoms with Crippen LogP contribution in [-0.2, 0) is 0 Å². The molecule has 0 saturated carbocycles. The van der Waals surface area contributed by atoms with Crippen LogP contribution in [0.3, 0.4) is 0 Å². The van der Waals surface area contributed by atoms with Crippen LogP contribution in [0.2, 0.25) is 0 Å². The average molecular weight is 497 g/mol. The molecule has 6 heteroatoms. The summed E-state index contributed by atoms with van der Waals surface area (Å²) in [5.74, 6) is 3.07. The number of para-hydroxylation sites is 2. The van der Waals surface area contributed by atoms with Crippen molar-refractivity contribution in [3.8, 4) is 45.3 Å². The standard InChI is InChI=1S/C32H20N2O4/c1-3-7-21-19(5-1)29-27(17-9-11-23-25(13-17)37-15-35-23)32-30(20-6-2-4-8-22(20)34-32)28(31(29)33-21)18-10-12-24-26(14-18)38-16-36-24/h1-14,33-34H,15-16H2. The van der Waals surface area contributed by atoms with Gasteiger partial charge in [0, 0.05) is 43.7 Å². The van der Waals surface area contributed by atoms with E-state index in [1.54, 1.807) is 0 Å². The van der Waals surface area contributed by atoms with E-state index in [2.05, 4.69) is 82.8 Å². The van der Waals surface area contributed by atoms with E-state index in [1.165, 1.54) is 0 Å². The molecule has 0 unspecified atom stereocenters. The molecule has 0 radical (unpaired) electrons. The number of hydrogen-bond acceptors (Lipinski definition) is 4. The molecule has 2 aliphatic heterocycles. The molecule has 0 amide bonds. The molecular weight excluding hydrogens is 476 g/mol. The number of hydrogen-bond donors (Lipinski definition) is 2. The first-order chi connectivity index (χ1) is 18.8. The Balaban J connectivity index is 1.51. The molecule has 5 aromatic carbocycles. The number of aromatic amines is 2. The van der Waals surface area contributed by atoms with Gasteiger partial charge in [0.15, 0.2) is 23.0 Å². The van der Waals surface area contributed by atoms with Crippen LogP contribution in [0.15, 0.2) is 84.9 Å². The maximum absolute atomic E-state index is 5.78. The molecule has 0 aliphatic carbocycles. The SMILES string of the molecule is c1ccc2c(c1)[nH]c1c(-c3ccc4c(c3)OCO4)c3c([nH]c4ccccc43)c(-c3ccc4c(c3)OCO4)c12. The minimum absolute atomic E-state index is 0.242. The number of aromatic nitrogens is 2. The van der Waals surface area contributed by atoms with Crippen molar-refractivity contribution in [2.24, 2.45) is 0 Å². The lowest BCUT2D eigenvalue weighted by Gasteiger charge is -2.14. The molecular formula is C32H20N2O4. The Labute approximate surface area is 216 Å². The molecule has 0 saturated heterocycles. The number of ether oxygens (including phenoxy) is 4. The van der Waals surface area contributed by atoms with Crippen LogP contribution in [0.5, 0.6) is 23.0 Å². The zero-order chi connectivity index (χ0) is 24.8. The lowest BCUT2D eigenvalue weighted by atomic mass is 9.90. The Kier molecular flexibility index (Phi) is 3.81. The zero-order valence-electron chi connectivity index (χ0n) is 20.1. The third kappa shape index (κ3) is 2.61. The summed E-state index contributed by atoms with van der Waals surface area (Å²) >= 11 is 0. The second-order valence-corrected chi connectivity index (χ2v) is 9.73. The van der Waals surface area contributed by atoms with E-state index >= 15 is 0 Å². The third-order valence-electron chi connectivity index (χ3n) is 7.73. The van der Waals surface area contributed by atoms with E-state index in [4.69, 9.17) is 18.9 Å². The summed E-state index contributed by atoms with van der Waals surface area (Å²) in [6, 6.07) is 29.4. The molecule has 0 fully saturated rings. The summed E-state index contributed by atoms with van der Waals surface area (Å²) < 4.78 is 22.8. The summed E-state index contributed by atoms with van der Waals surface area (Å²) in [5.41, 5.74) is 8.73. The van der Waals surface area contributed by atoms with Crippen molar-refractivity contribution in [3.63, 3.8) is 0 Å². The maximum Gasteiger partial charge on any atom is 0.231 e. The van der Waals surface area contributed by atoms with Crippen molar-refractivity contribution in [2.75, 3.05) is 13.6 Å². The fourth-order valence-corrected chi connectivity index (χ4v) is 6.11. The Hall–Kier alpha value is -5.10. The fourth-order valence-electron chi connectivity index (χ4n) is 6.11. The molecule has 0 atom stereocenters. The van der Waals surface area contributed by atoms with Crippen LogP contribution in [0.25, 0.3) is 65.9 Å². The van der Waals surface area contributed by atoms with Crippen LogP contribution in [0.4, 0.5) is 0 Å². The number of H-pyrrole nitrogens is 2. The van der Waals surface area contributed by atoms with Gasteiger partial charge in [0.25, 0.3) is 0 Å². The van der Waals surface area contributed by atoms with Crippen LogP contribution in [-0.4, -0.2) is 23.6 Å². The molecule has 2 aromatic heterocycles. The van der Waals surface area contributed by atoms with Crippen molar-refractivity contribution in [2.45, 2.75) is 0 Å². The van der Waals surface area contributed by atoms with Gasteiger partial charge in [0.2, 0.25) is 13.6 Å². The second kappa shape index (κ2) is 7.23. The summed E-state index contributed by atoms with van der Waals surface area (Å²) in [4.78, 5) is 7.56. The summed E-state index contributed by atoms with van der Waals surface area (Å²) in [6.45, 7) is 0.484. The van der Waals surface area contributed by atoms with Crippen molar-refractivity contribution in [3.05, 3.63) is 84.9 Å². The lowest BCUT2D eigenvalue weighted by Crippen LogP contribution is -1.93. The number of benzene rings is 5. The van der Waals surface area contributed by atoms with Crippen molar-refractivity contribution >= 4 is 43.6 Å². The fraction of sp³-hybridized carbons (Fsp3) is 0.0625. The highest BCUT2D eigenvalue weighted by molar-refractivity contribution is 6.31. The van der Waals surface area contributed by atoms with Crippen LogP contribution in [0, 0.1) is 0 Å². The molecule has 38 heavy (non-hydrogen) atoms. The van der Waals surface area contributed by atoms with Gasteiger partial charge in [0.05, 0.1) is 11.0 Å². The van der Waals surface area contributed by atoms with Crippen molar-refractivity contribution in [1.29, 1.82) is 0 Å². The minimum Gasteiger partial charge on any atom is -0.454 e. The van der Waals surface area contributed by atoms with Gasteiger partial charge in [-0.05, 0) is 47.5 Å². The smallest absolute Gasteiger partial charge is 0.231 e. The maximum atomic E-state index is 5.78. The van der Waals surface area contributed by atoms with E-state index in [0.717, 1.165) is 88.9 Å². The molecule has 7 aromatic rings. The predicted molar refractivity (Wildman–Crippen MR) is 148 cm³/mol.